The van der Waals surface area contributed by atoms with Crippen molar-refractivity contribution in [3.63, 3.8) is 0 Å². The largest absolute Gasteiger partial charge is 0.355 e. The van der Waals surface area contributed by atoms with Crippen molar-refractivity contribution in [3.8, 4) is 11.1 Å². The van der Waals surface area contributed by atoms with Crippen LogP contribution in [-0.2, 0) is 17.3 Å². The van der Waals surface area contributed by atoms with E-state index in [0.29, 0.717) is 0 Å². The molecule has 0 saturated carbocycles. The second-order valence-corrected chi connectivity index (χ2v) is 11.3. The van der Waals surface area contributed by atoms with Gasteiger partial charge in [-0.1, -0.05) is 140 Å². The van der Waals surface area contributed by atoms with E-state index in [1.807, 2.05) is 26.0 Å². The monoisotopic (exact) mass is 477 g/mol. The van der Waals surface area contributed by atoms with Crippen LogP contribution in [0.4, 0.5) is 11.4 Å². The highest BCUT2D eigenvalue weighted by Gasteiger charge is 2.21. The molecular formula is C35H43N. The molecular weight excluding hydrogens is 434 g/mol. The molecule has 0 bridgehead atoms. The van der Waals surface area contributed by atoms with Crippen molar-refractivity contribution in [1.82, 2.24) is 0 Å². The Hall–Kier alpha value is -3.32. The average molecular weight is 478 g/mol. The van der Waals surface area contributed by atoms with Gasteiger partial charge in [0.05, 0.1) is 0 Å². The zero-order valence-electron chi connectivity index (χ0n) is 23.4. The van der Waals surface area contributed by atoms with Gasteiger partial charge in [-0.25, -0.2) is 0 Å². The lowest BCUT2D eigenvalue weighted by atomic mass is 9.82. The summed E-state index contributed by atoms with van der Waals surface area (Å²) in [6.45, 7) is 17.6. The molecule has 1 aliphatic heterocycles. The van der Waals surface area contributed by atoms with Crippen molar-refractivity contribution in [3.05, 3.63) is 119 Å². The van der Waals surface area contributed by atoms with E-state index in [-0.39, 0.29) is 10.8 Å². The minimum absolute atomic E-state index is 0.197. The van der Waals surface area contributed by atoms with E-state index in [1.54, 1.807) is 0 Å². The third kappa shape index (κ3) is 6.88. The topological polar surface area (TPSA) is 12.0 Å². The molecule has 0 radical (unpaired) electrons. The van der Waals surface area contributed by atoms with Gasteiger partial charge in [-0.05, 0) is 56.3 Å². The van der Waals surface area contributed by atoms with Gasteiger partial charge in [-0.15, -0.1) is 0 Å². The van der Waals surface area contributed by atoms with Gasteiger partial charge in [-0.3, -0.25) is 0 Å². The van der Waals surface area contributed by atoms with E-state index < -0.39 is 0 Å². The third-order valence-electron chi connectivity index (χ3n) is 6.47. The van der Waals surface area contributed by atoms with Gasteiger partial charge in [-0.2, -0.15) is 0 Å². The highest BCUT2D eigenvalue weighted by atomic mass is 14.9. The second kappa shape index (κ2) is 11.6. The van der Waals surface area contributed by atoms with Gasteiger partial charge in [0.25, 0.3) is 0 Å². The molecule has 0 aromatic heterocycles. The lowest BCUT2D eigenvalue weighted by molar-refractivity contribution is 0.588. The molecule has 188 valence electrons. The number of nitrogens with one attached hydrogen (secondary N) is 1. The first-order chi connectivity index (χ1) is 17.1. The third-order valence-corrected chi connectivity index (χ3v) is 6.47. The molecule has 4 aromatic carbocycles. The average Bonchev–Trinajstić information content (AvgIpc) is 2.88. The smallest absolute Gasteiger partial charge is 0.0420 e. The molecule has 0 spiro atoms. The molecule has 0 fully saturated rings. The predicted molar refractivity (Wildman–Crippen MR) is 160 cm³/mol. The first-order valence-electron chi connectivity index (χ1n) is 13.3. The Bertz CT molecular complexity index is 1140. The van der Waals surface area contributed by atoms with Crippen LogP contribution in [-0.4, -0.2) is 0 Å². The highest BCUT2D eigenvalue weighted by molar-refractivity contribution is 5.72. The van der Waals surface area contributed by atoms with E-state index in [4.69, 9.17) is 0 Å². The number of benzene rings is 4. The summed E-state index contributed by atoms with van der Waals surface area (Å²) in [6, 6.07) is 34.5. The maximum Gasteiger partial charge on any atom is 0.0420 e. The van der Waals surface area contributed by atoms with Crippen LogP contribution < -0.4 is 5.32 Å². The van der Waals surface area contributed by atoms with Crippen LogP contribution in [0.1, 0.15) is 77.6 Å². The highest BCUT2D eigenvalue weighted by Crippen LogP contribution is 2.37. The zero-order chi connectivity index (χ0) is 26.3. The molecule has 0 aliphatic carbocycles. The molecule has 1 heterocycles. The summed E-state index contributed by atoms with van der Waals surface area (Å²) in [5, 5.41) is 3.60. The molecule has 5 rings (SSSR count). The lowest BCUT2D eigenvalue weighted by Gasteiger charge is -2.27. The molecule has 1 N–H and O–H groups in total. The summed E-state index contributed by atoms with van der Waals surface area (Å²) in [6.07, 6.45) is 1.02. The minimum atomic E-state index is 0.197. The summed E-state index contributed by atoms with van der Waals surface area (Å²) in [5.74, 6) is 0. The van der Waals surface area contributed by atoms with Crippen LogP contribution in [0.5, 0.6) is 0 Å². The van der Waals surface area contributed by atoms with E-state index in [0.717, 1.165) is 6.42 Å². The number of hydrogen-bond donors (Lipinski definition) is 1. The van der Waals surface area contributed by atoms with Gasteiger partial charge in [0.15, 0.2) is 0 Å². The van der Waals surface area contributed by atoms with Crippen LogP contribution in [0.3, 0.4) is 0 Å². The summed E-state index contributed by atoms with van der Waals surface area (Å²) in [7, 11) is 0. The Morgan fingerprint density at radius 3 is 1.19 bits per heavy atom. The number of hydrogen-bond acceptors (Lipinski definition) is 1. The number of rotatable bonds is 1. The van der Waals surface area contributed by atoms with Gasteiger partial charge in [0.2, 0.25) is 0 Å². The Labute approximate surface area is 219 Å². The molecule has 0 unspecified atom stereocenters. The molecule has 0 amide bonds. The maximum absolute atomic E-state index is 3.60. The molecule has 1 aliphatic rings. The van der Waals surface area contributed by atoms with E-state index in [9.17, 15) is 0 Å². The number of anilines is 2. The fraction of sp³-hybridized carbons (Fsp3) is 0.314. The normalized spacial score (nSPS) is 12.0. The standard InChI is InChI=1S/C21H27N.C12H10.C2H6/c1-20(2,3)16-7-9-18-14(12-16)11-15-13-17(21(4,5)6)8-10-19(15)22-18;1-3-7-11(8-4-1)12-9-5-2-6-10-12;1-2/h7-10,12-13,22H,11H2,1-6H3;1-10H;1-2H3. The SMILES string of the molecule is CC.CC(C)(C)c1ccc2c(c1)Cc1cc(C(C)(C)C)ccc1N2.c1ccc(-c2ccccc2)cc1. The fourth-order valence-corrected chi connectivity index (χ4v) is 4.27. The van der Waals surface area contributed by atoms with Crippen molar-refractivity contribution in [2.75, 3.05) is 5.32 Å². The fourth-order valence-electron chi connectivity index (χ4n) is 4.27. The zero-order valence-corrected chi connectivity index (χ0v) is 23.4. The summed E-state index contributed by atoms with van der Waals surface area (Å²) >= 11 is 0. The molecule has 4 aromatic rings. The minimum Gasteiger partial charge on any atom is -0.355 e. The van der Waals surface area contributed by atoms with Gasteiger partial charge in [0, 0.05) is 17.8 Å². The molecule has 1 nitrogen and oxygen atoms in total. The Morgan fingerprint density at radius 1 is 0.500 bits per heavy atom. The molecule has 0 saturated heterocycles. The van der Waals surface area contributed by atoms with Crippen LogP contribution in [0.25, 0.3) is 11.1 Å². The van der Waals surface area contributed by atoms with Gasteiger partial charge < -0.3 is 5.32 Å². The van der Waals surface area contributed by atoms with Crippen LogP contribution in [0.15, 0.2) is 97.1 Å². The second-order valence-electron chi connectivity index (χ2n) is 11.3. The van der Waals surface area contributed by atoms with Crippen molar-refractivity contribution in [2.24, 2.45) is 0 Å². The van der Waals surface area contributed by atoms with Gasteiger partial charge in [0.1, 0.15) is 0 Å². The van der Waals surface area contributed by atoms with Crippen LogP contribution in [0.2, 0.25) is 0 Å². The summed E-state index contributed by atoms with van der Waals surface area (Å²) in [4.78, 5) is 0. The van der Waals surface area contributed by atoms with Crippen LogP contribution in [0, 0.1) is 0 Å². The Morgan fingerprint density at radius 2 is 0.861 bits per heavy atom. The molecule has 0 atom stereocenters. The summed E-state index contributed by atoms with van der Waals surface area (Å²) in [5.41, 5.74) is 11.1. The van der Waals surface area contributed by atoms with Crippen molar-refractivity contribution in [1.29, 1.82) is 0 Å². The van der Waals surface area contributed by atoms with Crippen LogP contribution >= 0.6 is 0 Å². The lowest BCUT2D eigenvalue weighted by Crippen LogP contribution is -2.15. The van der Waals surface area contributed by atoms with E-state index in [1.165, 1.54) is 44.8 Å². The Balaban J connectivity index is 0.000000217. The Kier molecular flexibility index (Phi) is 8.79. The number of fused-ring (bicyclic) bond motifs is 2. The predicted octanol–water partition coefficient (Wildman–Crippen LogP) is 10.3. The van der Waals surface area contributed by atoms with Gasteiger partial charge >= 0.3 is 0 Å². The maximum atomic E-state index is 3.60. The molecule has 36 heavy (non-hydrogen) atoms. The quantitative estimate of drug-likeness (QED) is 0.253. The summed E-state index contributed by atoms with van der Waals surface area (Å²) < 4.78 is 0. The van der Waals surface area contributed by atoms with Crippen molar-refractivity contribution < 1.29 is 0 Å². The first-order valence-corrected chi connectivity index (χ1v) is 13.3. The van der Waals surface area contributed by atoms with Crippen molar-refractivity contribution >= 4 is 11.4 Å². The van der Waals surface area contributed by atoms with Crippen molar-refractivity contribution in [2.45, 2.75) is 72.6 Å². The molecule has 1 heteroatoms. The van der Waals surface area contributed by atoms with E-state index in [2.05, 4.69) is 132 Å². The van der Waals surface area contributed by atoms with E-state index >= 15 is 0 Å². The first kappa shape index (κ1) is 27.3.